The Kier molecular flexibility index (Phi) is 4.28. The Labute approximate surface area is 118 Å². The average Bonchev–Trinajstić information content (AvgIpc) is 2.63. The van der Waals surface area contributed by atoms with Crippen LogP contribution >= 0.6 is 11.3 Å². The molecular formula is C14H22N2O2S. The predicted molar refractivity (Wildman–Crippen MR) is 78.0 cm³/mol. The van der Waals surface area contributed by atoms with Crippen molar-refractivity contribution in [3.05, 3.63) is 21.4 Å². The summed E-state index contributed by atoms with van der Waals surface area (Å²) in [6.07, 6.45) is 3.80. The number of rotatable bonds is 6. The van der Waals surface area contributed by atoms with Crippen LogP contribution < -0.4 is 5.32 Å². The standard InChI is InChI=1S/C14H22N2O2S/c1-10-11(7-12(19-10)13(17)18)8-15-9-14(16(2)3)5-4-6-14/h7,15H,4-6,8-9H2,1-3H3,(H,17,18). The van der Waals surface area contributed by atoms with Gasteiger partial charge in [-0.3, -0.25) is 0 Å². The van der Waals surface area contributed by atoms with E-state index in [4.69, 9.17) is 5.11 Å². The fraction of sp³-hybridized carbons (Fsp3) is 0.643. The maximum Gasteiger partial charge on any atom is 0.345 e. The Morgan fingerprint density at radius 2 is 2.21 bits per heavy atom. The zero-order valence-corrected chi connectivity index (χ0v) is 12.6. The number of hydrogen-bond donors (Lipinski definition) is 2. The molecule has 0 radical (unpaired) electrons. The van der Waals surface area contributed by atoms with Gasteiger partial charge < -0.3 is 15.3 Å². The molecule has 0 aromatic carbocycles. The summed E-state index contributed by atoms with van der Waals surface area (Å²) in [5.41, 5.74) is 1.41. The minimum absolute atomic E-state index is 0.305. The highest BCUT2D eigenvalue weighted by Gasteiger charge is 2.38. The van der Waals surface area contributed by atoms with E-state index in [1.165, 1.54) is 30.6 Å². The molecule has 0 unspecified atom stereocenters. The van der Waals surface area contributed by atoms with Crippen LogP contribution in [0.3, 0.4) is 0 Å². The summed E-state index contributed by atoms with van der Waals surface area (Å²) in [6, 6.07) is 1.79. The smallest absolute Gasteiger partial charge is 0.345 e. The molecule has 1 fully saturated rings. The lowest BCUT2D eigenvalue weighted by Crippen LogP contribution is -2.56. The topological polar surface area (TPSA) is 52.6 Å². The normalized spacial score (nSPS) is 17.5. The van der Waals surface area contributed by atoms with Crippen LogP contribution in [0.4, 0.5) is 0 Å². The maximum atomic E-state index is 10.9. The van der Waals surface area contributed by atoms with E-state index in [1.54, 1.807) is 6.07 Å². The van der Waals surface area contributed by atoms with Crippen LogP contribution in [0.1, 0.15) is 39.4 Å². The second-order valence-electron chi connectivity index (χ2n) is 5.57. The van der Waals surface area contributed by atoms with Gasteiger partial charge in [-0.1, -0.05) is 0 Å². The fourth-order valence-corrected chi connectivity index (χ4v) is 3.48. The zero-order chi connectivity index (χ0) is 14.0. The first-order valence-electron chi connectivity index (χ1n) is 6.65. The largest absolute Gasteiger partial charge is 0.477 e. The van der Waals surface area contributed by atoms with Crippen LogP contribution in [0.25, 0.3) is 0 Å². The molecule has 1 aliphatic carbocycles. The molecule has 2 rings (SSSR count). The molecule has 0 atom stereocenters. The third kappa shape index (κ3) is 2.99. The molecule has 0 saturated heterocycles. The van der Waals surface area contributed by atoms with Gasteiger partial charge in [-0.15, -0.1) is 11.3 Å². The van der Waals surface area contributed by atoms with Gasteiger partial charge in [-0.2, -0.15) is 0 Å². The van der Waals surface area contributed by atoms with Gasteiger partial charge in [0.1, 0.15) is 4.88 Å². The molecule has 19 heavy (non-hydrogen) atoms. The first-order chi connectivity index (χ1) is 8.94. The highest BCUT2D eigenvalue weighted by atomic mass is 32.1. The van der Waals surface area contributed by atoms with Crippen molar-refractivity contribution in [3.63, 3.8) is 0 Å². The Morgan fingerprint density at radius 3 is 2.63 bits per heavy atom. The van der Waals surface area contributed by atoms with Crippen molar-refractivity contribution < 1.29 is 9.90 Å². The van der Waals surface area contributed by atoms with E-state index in [0.29, 0.717) is 10.4 Å². The van der Waals surface area contributed by atoms with Crippen LogP contribution in [0.2, 0.25) is 0 Å². The van der Waals surface area contributed by atoms with E-state index in [1.807, 2.05) is 6.92 Å². The molecule has 1 aliphatic rings. The first-order valence-corrected chi connectivity index (χ1v) is 7.47. The molecule has 106 valence electrons. The Morgan fingerprint density at radius 1 is 1.53 bits per heavy atom. The lowest BCUT2D eigenvalue weighted by molar-refractivity contribution is 0.0598. The highest BCUT2D eigenvalue weighted by molar-refractivity contribution is 7.14. The fourth-order valence-electron chi connectivity index (χ4n) is 2.60. The average molecular weight is 282 g/mol. The summed E-state index contributed by atoms with van der Waals surface area (Å²) in [7, 11) is 4.28. The molecular weight excluding hydrogens is 260 g/mol. The molecule has 4 nitrogen and oxygen atoms in total. The van der Waals surface area contributed by atoms with Crippen molar-refractivity contribution in [1.29, 1.82) is 0 Å². The van der Waals surface area contributed by atoms with Gasteiger partial charge in [0.05, 0.1) is 0 Å². The molecule has 2 N–H and O–H groups in total. The van der Waals surface area contributed by atoms with Crippen LogP contribution in [-0.2, 0) is 6.54 Å². The van der Waals surface area contributed by atoms with E-state index in [-0.39, 0.29) is 0 Å². The van der Waals surface area contributed by atoms with Crippen molar-refractivity contribution in [1.82, 2.24) is 10.2 Å². The number of nitrogens with one attached hydrogen (secondary N) is 1. The van der Waals surface area contributed by atoms with Crippen molar-refractivity contribution in [2.24, 2.45) is 0 Å². The number of likely N-dealkylation sites (N-methyl/N-ethyl adjacent to an activating group) is 1. The van der Waals surface area contributed by atoms with Crippen LogP contribution in [0.5, 0.6) is 0 Å². The van der Waals surface area contributed by atoms with Crippen LogP contribution in [0, 0.1) is 6.92 Å². The Hall–Kier alpha value is -0.910. The van der Waals surface area contributed by atoms with E-state index in [0.717, 1.165) is 23.5 Å². The lowest BCUT2D eigenvalue weighted by Gasteiger charge is -2.47. The van der Waals surface area contributed by atoms with Gasteiger partial charge in [0.25, 0.3) is 0 Å². The van der Waals surface area contributed by atoms with Gasteiger partial charge >= 0.3 is 5.97 Å². The summed E-state index contributed by atoms with van der Waals surface area (Å²) in [4.78, 5) is 14.8. The summed E-state index contributed by atoms with van der Waals surface area (Å²) in [5.74, 6) is -0.830. The third-order valence-corrected chi connectivity index (χ3v) is 5.31. The number of aromatic carboxylic acids is 1. The van der Waals surface area contributed by atoms with E-state index in [9.17, 15) is 4.79 Å². The summed E-state index contributed by atoms with van der Waals surface area (Å²) >= 11 is 1.36. The molecule has 5 heteroatoms. The number of carbonyl (C=O) groups is 1. The van der Waals surface area contributed by atoms with E-state index in [2.05, 4.69) is 24.3 Å². The maximum absolute atomic E-state index is 10.9. The summed E-state index contributed by atoms with van der Waals surface area (Å²) in [6.45, 7) is 3.71. The molecule has 1 heterocycles. The quantitative estimate of drug-likeness (QED) is 0.841. The van der Waals surface area contributed by atoms with Crippen LogP contribution in [-0.4, -0.2) is 42.2 Å². The van der Waals surface area contributed by atoms with E-state index >= 15 is 0 Å². The van der Waals surface area contributed by atoms with Crippen molar-refractivity contribution in [3.8, 4) is 0 Å². The van der Waals surface area contributed by atoms with E-state index < -0.39 is 5.97 Å². The van der Waals surface area contributed by atoms with Crippen LogP contribution in [0.15, 0.2) is 6.07 Å². The molecule has 0 bridgehead atoms. The Bertz CT molecular complexity index is 464. The number of nitrogens with zero attached hydrogens (tertiary/aromatic N) is 1. The SMILES string of the molecule is Cc1sc(C(=O)O)cc1CNCC1(N(C)C)CCC1. The lowest BCUT2D eigenvalue weighted by atomic mass is 9.75. The number of hydrogen-bond acceptors (Lipinski definition) is 4. The third-order valence-electron chi connectivity index (χ3n) is 4.23. The highest BCUT2D eigenvalue weighted by Crippen LogP contribution is 2.35. The molecule has 1 saturated carbocycles. The second kappa shape index (κ2) is 5.61. The van der Waals surface area contributed by atoms with Crippen molar-refractivity contribution >= 4 is 17.3 Å². The molecule has 0 amide bonds. The predicted octanol–water partition coefficient (Wildman–Crippen LogP) is 2.33. The molecule has 0 spiro atoms. The summed E-state index contributed by atoms with van der Waals surface area (Å²) < 4.78 is 0. The minimum atomic E-state index is -0.830. The number of thiophene rings is 1. The van der Waals surface area contributed by atoms with Gasteiger partial charge in [-0.25, -0.2) is 4.79 Å². The second-order valence-corrected chi connectivity index (χ2v) is 6.83. The molecule has 0 aliphatic heterocycles. The van der Waals surface area contributed by atoms with Gasteiger partial charge in [0.2, 0.25) is 0 Å². The first kappa shape index (κ1) is 14.5. The van der Waals surface area contributed by atoms with Crippen molar-refractivity contribution in [2.75, 3.05) is 20.6 Å². The van der Waals surface area contributed by atoms with Gasteiger partial charge in [0.15, 0.2) is 0 Å². The Balaban J connectivity index is 1.90. The number of carboxylic acid groups (broad SMARTS) is 1. The molecule has 1 aromatic heterocycles. The molecule has 1 aromatic rings. The summed E-state index contributed by atoms with van der Waals surface area (Å²) in [5, 5.41) is 12.5. The van der Waals surface area contributed by atoms with Gasteiger partial charge in [0, 0.05) is 23.5 Å². The monoisotopic (exact) mass is 282 g/mol. The minimum Gasteiger partial charge on any atom is -0.477 e. The van der Waals surface area contributed by atoms with Gasteiger partial charge in [-0.05, 0) is 51.9 Å². The zero-order valence-electron chi connectivity index (χ0n) is 11.8. The number of aryl methyl sites for hydroxylation is 1. The number of carboxylic acids is 1. The van der Waals surface area contributed by atoms with Crippen molar-refractivity contribution in [2.45, 2.75) is 38.3 Å².